The van der Waals surface area contributed by atoms with Crippen molar-refractivity contribution in [3.8, 4) is 23.1 Å². The van der Waals surface area contributed by atoms with Gasteiger partial charge in [-0.2, -0.15) is 0 Å². The van der Waals surface area contributed by atoms with Crippen molar-refractivity contribution < 1.29 is 27.7 Å². The van der Waals surface area contributed by atoms with E-state index in [0.717, 1.165) is 48.1 Å². The van der Waals surface area contributed by atoms with Gasteiger partial charge in [0.1, 0.15) is 6.61 Å². The second-order valence-corrected chi connectivity index (χ2v) is 7.66. The number of methoxy groups -OCH3 is 3. The van der Waals surface area contributed by atoms with Crippen LogP contribution in [0.5, 0.6) is 23.1 Å². The average molecular weight is 432 g/mol. The standard InChI is InChI=1S/C23H26F2N2O4/c1-28-18-10-16-15(9-19(18)31-12-21(24)25)14-6-4-5-7-17(14)27-22(16)13-8-20(29-2)23(30-3)26-11-13/h8-11,14,17,21H,4-7,12H2,1-3H3/t14-,17-/m1/s1. The maximum Gasteiger partial charge on any atom is 0.272 e. The fraction of sp³-hybridized carbons (Fsp3) is 0.478. The van der Waals surface area contributed by atoms with Crippen molar-refractivity contribution in [2.45, 2.75) is 44.1 Å². The summed E-state index contributed by atoms with van der Waals surface area (Å²) in [6.45, 7) is -0.677. The first-order chi connectivity index (χ1) is 15.0. The van der Waals surface area contributed by atoms with Gasteiger partial charge in [-0.1, -0.05) is 12.8 Å². The molecular formula is C23H26F2N2O4. The van der Waals surface area contributed by atoms with Gasteiger partial charge < -0.3 is 18.9 Å². The molecule has 31 heavy (non-hydrogen) atoms. The molecular weight excluding hydrogens is 406 g/mol. The summed E-state index contributed by atoms with van der Waals surface area (Å²) in [4.78, 5) is 9.45. The second kappa shape index (κ2) is 9.08. The van der Waals surface area contributed by atoms with Crippen LogP contribution in [0.3, 0.4) is 0 Å². The molecule has 2 atom stereocenters. The van der Waals surface area contributed by atoms with E-state index in [1.165, 1.54) is 14.2 Å². The Morgan fingerprint density at radius 1 is 0.968 bits per heavy atom. The number of fused-ring (bicyclic) bond motifs is 3. The van der Waals surface area contributed by atoms with Crippen molar-refractivity contribution in [1.82, 2.24) is 4.98 Å². The minimum absolute atomic E-state index is 0.126. The highest BCUT2D eigenvalue weighted by molar-refractivity contribution is 6.15. The molecule has 2 aliphatic rings. The number of nitrogens with zero attached hydrogens (tertiary/aromatic N) is 2. The van der Waals surface area contributed by atoms with Gasteiger partial charge in [0.05, 0.1) is 33.1 Å². The predicted molar refractivity (Wildman–Crippen MR) is 112 cm³/mol. The smallest absolute Gasteiger partial charge is 0.272 e. The largest absolute Gasteiger partial charge is 0.493 e. The van der Waals surface area contributed by atoms with Gasteiger partial charge in [-0.25, -0.2) is 13.8 Å². The summed E-state index contributed by atoms with van der Waals surface area (Å²) >= 11 is 0. The molecule has 1 aliphatic carbocycles. The van der Waals surface area contributed by atoms with E-state index in [1.54, 1.807) is 13.3 Å². The Morgan fingerprint density at radius 2 is 1.74 bits per heavy atom. The molecule has 0 unspecified atom stereocenters. The zero-order valence-electron chi connectivity index (χ0n) is 17.9. The molecule has 0 spiro atoms. The molecule has 0 amide bonds. The third-order valence-electron chi connectivity index (χ3n) is 5.88. The number of aromatic nitrogens is 1. The minimum atomic E-state index is -2.56. The number of halogens is 2. The van der Waals surface area contributed by atoms with Gasteiger partial charge in [-0.15, -0.1) is 0 Å². The number of alkyl halides is 2. The highest BCUT2D eigenvalue weighted by Crippen LogP contribution is 2.45. The van der Waals surface area contributed by atoms with E-state index < -0.39 is 13.0 Å². The number of ether oxygens (including phenoxy) is 4. The second-order valence-electron chi connectivity index (χ2n) is 7.66. The molecule has 0 saturated heterocycles. The van der Waals surface area contributed by atoms with Gasteiger partial charge in [0.2, 0.25) is 0 Å². The Kier molecular flexibility index (Phi) is 6.25. The average Bonchev–Trinajstić information content (AvgIpc) is 2.81. The molecule has 166 valence electrons. The van der Waals surface area contributed by atoms with Gasteiger partial charge >= 0.3 is 0 Å². The molecule has 4 rings (SSSR count). The van der Waals surface area contributed by atoms with Crippen LogP contribution in [0, 0.1) is 0 Å². The van der Waals surface area contributed by atoms with Crippen LogP contribution < -0.4 is 18.9 Å². The molecule has 6 nitrogen and oxygen atoms in total. The maximum absolute atomic E-state index is 12.8. The van der Waals surface area contributed by atoms with E-state index in [1.807, 2.05) is 18.2 Å². The molecule has 1 aliphatic heterocycles. The summed E-state index contributed by atoms with van der Waals surface area (Å²) in [5, 5.41) is 0. The SMILES string of the molecule is COc1cc2c(cc1OCC(F)F)[C@H]1CCCC[C@H]1N=C2c1cnc(OC)c(OC)c1. The first-order valence-corrected chi connectivity index (χ1v) is 10.3. The highest BCUT2D eigenvalue weighted by Gasteiger charge is 2.35. The Labute approximate surface area is 180 Å². The summed E-state index contributed by atoms with van der Waals surface area (Å²) in [6, 6.07) is 5.66. The molecule has 0 N–H and O–H groups in total. The molecule has 0 bridgehead atoms. The fourth-order valence-corrected chi connectivity index (χ4v) is 4.47. The van der Waals surface area contributed by atoms with Crippen LogP contribution in [0.25, 0.3) is 0 Å². The first kappa shape index (κ1) is 21.3. The van der Waals surface area contributed by atoms with Crippen LogP contribution in [-0.4, -0.2) is 51.1 Å². The molecule has 2 heterocycles. The van der Waals surface area contributed by atoms with Gasteiger partial charge in [-0.3, -0.25) is 4.99 Å². The van der Waals surface area contributed by atoms with Crippen molar-refractivity contribution in [1.29, 1.82) is 0 Å². The number of pyridine rings is 1. The summed E-state index contributed by atoms with van der Waals surface area (Å²) in [5.74, 6) is 1.86. The van der Waals surface area contributed by atoms with Gasteiger partial charge in [0.25, 0.3) is 12.3 Å². The zero-order valence-corrected chi connectivity index (χ0v) is 17.9. The monoisotopic (exact) mass is 432 g/mol. The van der Waals surface area contributed by atoms with E-state index in [0.29, 0.717) is 23.1 Å². The van der Waals surface area contributed by atoms with E-state index >= 15 is 0 Å². The third-order valence-corrected chi connectivity index (χ3v) is 5.88. The molecule has 1 aromatic carbocycles. The van der Waals surface area contributed by atoms with E-state index in [4.69, 9.17) is 23.9 Å². The molecule has 8 heteroatoms. The Bertz CT molecular complexity index is 980. The van der Waals surface area contributed by atoms with E-state index in [-0.39, 0.29) is 12.0 Å². The molecule has 1 saturated carbocycles. The summed E-state index contributed by atoms with van der Waals surface area (Å²) < 4.78 is 47.1. The van der Waals surface area contributed by atoms with Crippen molar-refractivity contribution >= 4 is 5.71 Å². The normalized spacial score (nSPS) is 19.9. The van der Waals surface area contributed by atoms with Gasteiger partial charge in [-0.05, 0) is 36.6 Å². The third kappa shape index (κ3) is 4.16. The van der Waals surface area contributed by atoms with Crippen molar-refractivity contribution in [2.75, 3.05) is 27.9 Å². The molecule has 2 aromatic rings. The predicted octanol–water partition coefficient (Wildman–Crippen LogP) is 4.63. The van der Waals surface area contributed by atoms with Crippen LogP contribution in [0.1, 0.15) is 48.3 Å². The molecule has 1 aromatic heterocycles. The zero-order chi connectivity index (χ0) is 22.0. The lowest BCUT2D eigenvalue weighted by atomic mass is 9.75. The van der Waals surface area contributed by atoms with Crippen LogP contribution in [0.2, 0.25) is 0 Å². The number of aliphatic imine (C=N–C) groups is 1. The van der Waals surface area contributed by atoms with Gasteiger partial charge in [0, 0.05) is 23.2 Å². The van der Waals surface area contributed by atoms with Crippen LogP contribution >= 0.6 is 0 Å². The van der Waals surface area contributed by atoms with Crippen LogP contribution in [0.4, 0.5) is 8.78 Å². The first-order valence-electron chi connectivity index (χ1n) is 10.3. The molecule has 1 fully saturated rings. The Morgan fingerprint density at radius 3 is 2.45 bits per heavy atom. The maximum atomic E-state index is 12.8. The fourth-order valence-electron chi connectivity index (χ4n) is 4.47. The highest BCUT2D eigenvalue weighted by atomic mass is 19.3. The Balaban J connectivity index is 1.84. The Hall–Kier alpha value is -2.90. The van der Waals surface area contributed by atoms with Crippen molar-refractivity contribution in [2.24, 2.45) is 4.99 Å². The summed E-state index contributed by atoms with van der Waals surface area (Å²) in [5.41, 5.74) is 3.53. The topological polar surface area (TPSA) is 62.2 Å². The lowest BCUT2D eigenvalue weighted by molar-refractivity contribution is 0.0803. The quantitative estimate of drug-likeness (QED) is 0.639. The van der Waals surface area contributed by atoms with Crippen molar-refractivity contribution in [3.05, 3.63) is 41.1 Å². The summed E-state index contributed by atoms with van der Waals surface area (Å²) in [7, 11) is 4.60. The van der Waals surface area contributed by atoms with E-state index in [2.05, 4.69) is 4.98 Å². The van der Waals surface area contributed by atoms with Gasteiger partial charge in [0.15, 0.2) is 17.2 Å². The summed E-state index contributed by atoms with van der Waals surface area (Å²) in [6.07, 6.45) is 3.36. The number of hydrogen-bond donors (Lipinski definition) is 0. The number of hydrogen-bond acceptors (Lipinski definition) is 6. The van der Waals surface area contributed by atoms with Crippen LogP contribution in [0.15, 0.2) is 29.4 Å². The lowest BCUT2D eigenvalue weighted by Gasteiger charge is -2.35. The number of rotatable bonds is 7. The minimum Gasteiger partial charge on any atom is -0.493 e. The lowest BCUT2D eigenvalue weighted by Crippen LogP contribution is -2.29. The van der Waals surface area contributed by atoms with Crippen molar-refractivity contribution in [3.63, 3.8) is 0 Å². The number of benzene rings is 1. The van der Waals surface area contributed by atoms with E-state index in [9.17, 15) is 8.78 Å². The van der Waals surface area contributed by atoms with Crippen LogP contribution in [-0.2, 0) is 0 Å². The molecule has 0 radical (unpaired) electrons.